The van der Waals surface area contributed by atoms with Gasteiger partial charge in [-0.15, -0.1) is 0 Å². The summed E-state index contributed by atoms with van der Waals surface area (Å²) in [7, 11) is 0. The average Bonchev–Trinajstić information content (AvgIpc) is 2.55. The zero-order valence-corrected chi connectivity index (χ0v) is 12.8. The first-order valence-corrected chi connectivity index (χ1v) is 6.94. The first kappa shape index (κ1) is 16.9. The minimum absolute atomic E-state index is 0.0692. The van der Waals surface area contributed by atoms with Gasteiger partial charge in [0.1, 0.15) is 0 Å². The molecule has 8 nitrogen and oxygen atoms in total. The van der Waals surface area contributed by atoms with Crippen molar-refractivity contribution in [2.75, 3.05) is 17.7 Å². The standard InChI is InChI=1S/C16H15N3O5/c1-10-8-13(19(22)23)6-7-14(10)18-15(20)9-24-16(21)11-2-4-12(17)5-3-11/h2-8H,9,17H2,1H3,(H,18,20). The van der Waals surface area contributed by atoms with Crippen LogP contribution in [0, 0.1) is 17.0 Å². The van der Waals surface area contributed by atoms with Crippen LogP contribution >= 0.6 is 0 Å². The van der Waals surface area contributed by atoms with Crippen LogP contribution in [-0.4, -0.2) is 23.4 Å². The number of non-ortho nitro benzene ring substituents is 1. The Bertz CT molecular complexity index is 787. The highest BCUT2D eigenvalue weighted by Crippen LogP contribution is 2.21. The normalized spacial score (nSPS) is 10.0. The van der Waals surface area contributed by atoms with Gasteiger partial charge in [-0.1, -0.05) is 0 Å². The molecule has 0 atom stereocenters. The maximum atomic E-state index is 11.8. The Morgan fingerprint density at radius 1 is 1.21 bits per heavy atom. The van der Waals surface area contributed by atoms with Crippen molar-refractivity contribution in [3.63, 3.8) is 0 Å². The molecule has 2 rings (SSSR count). The predicted molar refractivity (Wildman–Crippen MR) is 87.6 cm³/mol. The Kier molecular flexibility index (Phi) is 5.10. The number of benzene rings is 2. The van der Waals surface area contributed by atoms with E-state index in [1.165, 1.54) is 30.3 Å². The van der Waals surface area contributed by atoms with Crippen LogP contribution in [0.15, 0.2) is 42.5 Å². The van der Waals surface area contributed by atoms with E-state index >= 15 is 0 Å². The molecule has 0 fully saturated rings. The molecule has 0 spiro atoms. The lowest BCUT2D eigenvalue weighted by molar-refractivity contribution is -0.384. The van der Waals surface area contributed by atoms with E-state index in [1.807, 2.05) is 0 Å². The molecule has 1 amide bonds. The van der Waals surface area contributed by atoms with E-state index < -0.39 is 23.4 Å². The average molecular weight is 329 g/mol. The number of nitrogen functional groups attached to an aromatic ring is 1. The molecule has 0 saturated heterocycles. The summed E-state index contributed by atoms with van der Waals surface area (Å²) >= 11 is 0. The number of esters is 1. The van der Waals surface area contributed by atoms with Gasteiger partial charge in [0.15, 0.2) is 6.61 Å². The van der Waals surface area contributed by atoms with E-state index in [4.69, 9.17) is 10.5 Å². The zero-order valence-electron chi connectivity index (χ0n) is 12.8. The number of hydrogen-bond acceptors (Lipinski definition) is 6. The fraction of sp³-hybridized carbons (Fsp3) is 0.125. The number of carbonyl (C=O) groups excluding carboxylic acids is 2. The second-order valence-corrected chi connectivity index (χ2v) is 5.00. The highest BCUT2D eigenvalue weighted by Gasteiger charge is 2.13. The molecule has 0 aliphatic carbocycles. The second kappa shape index (κ2) is 7.23. The van der Waals surface area contributed by atoms with Crippen LogP contribution in [0.1, 0.15) is 15.9 Å². The second-order valence-electron chi connectivity index (χ2n) is 5.00. The number of aryl methyl sites for hydroxylation is 1. The highest BCUT2D eigenvalue weighted by atomic mass is 16.6. The van der Waals surface area contributed by atoms with Gasteiger partial charge in [0.2, 0.25) is 0 Å². The number of nitro benzene ring substituents is 1. The summed E-state index contributed by atoms with van der Waals surface area (Å²) in [6, 6.07) is 10.1. The quantitative estimate of drug-likeness (QED) is 0.375. The summed E-state index contributed by atoms with van der Waals surface area (Å²) in [5.41, 5.74) is 7.19. The Labute approximate surface area is 137 Å². The zero-order chi connectivity index (χ0) is 17.7. The molecule has 24 heavy (non-hydrogen) atoms. The van der Waals surface area contributed by atoms with Crippen molar-refractivity contribution in [2.45, 2.75) is 6.92 Å². The molecule has 0 aromatic heterocycles. The van der Waals surface area contributed by atoms with Crippen LogP contribution in [0.4, 0.5) is 17.1 Å². The summed E-state index contributed by atoms with van der Waals surface area (Å²) in [5, 5.41) is 13.2. The smallest absolute Gasteiger partial charge is 0.338 e. The molecular weight excluding hydrogens is 314 g/mol. The van der Waals surface area contributed by atoms with Gasteiger partial charge in [-0.2, -0.15) is 0 Å². The Balaban J connectivity index is 1.92. The molecule has 2 aromatic rings. The lowest BCUT2D eigenvalue weighted by atomic mass is 10.2. The Morgan fingerprint density at radius 2 is 1.88 bits per heavy atom. The van der Waals surface area contributed by atoms with E-state index in [9.17, 15) is 19.7 Å². The third-order valence-corrected chi connectivity index (χ3v) is 3.18. The first-order valence-electron chi connectivity index (χ1n) is 6.94. The van der Waals surface area contributed by atoms with Crippen LogP contribution in [0.2, 0.25) is 0 Å². The van der Waals surface area contributed by atoms with Gasteiger partial charge in [-0.3, -0.25) is 14.9 Å². The van der Waals surface area contributed by atoms with Crippen LogP contribution in [0.5, 0.6) is 0 Å². The van der Waals surface area contributed by atoms with E-state index in [0.29, 0.717) is 16.9 Å². The van der Waals surface area contributed by atoms with Gasteiger partial charge in [-0.25, -0.2) is 4.79 Å². The predicted octanol–water partition coefficient (Wildman–Crippen LogP) is 2.28. The maximum absolute atomic E-state index is 11.8. The number of ether oxygens (including phenoxy) is 1. The molecule has 0 saturated carbocycles. The lowest BCUT2D eigenvalue weighted by Crippen LogP contribution is -2.21. The number of rotatable bonds is 5. The van der Waals surface area contributed by atoms with E-state index in [2.05, 4.69) is 5.32 Å². The molecule has 2 aromatic carbocycles. The van der Waals surface area contributed by atoms with Gasteiger partial charge < -0.3 is 15.8 Å². The van der Waals surface area contributed by atoms with Crippen molar-refractivity contribution in [2.24, 2.45) is 0 Å². The monoisotopic (exact) mass is 329 g/mol. The summed E-state index contributed by atoms with van der Waals surface area (Å²) < 4.78 is 4.90. The summed E-state index contributed by atoms with van der Waals surface area (Å²) in [4.78, 5) is 33.8. The number of nitro groups is 1. The van der Waals surface area contributed by atoms with E-state index in [0.717, 1.165) is 0 Å². The Morgan fingerprint density at radius 3 is 2.46 bits per heavy atom. The number of amides is 1. The van der Waals surface area contributed by atoms with Gasteiger partial charge in [0.05, 0.1) is 10.5 Å². The first-order chi connectivity index (χ1) is 11.4. The summed E-state index contributed by atoms with van der Waals surface area (Å²) in [6.07, 6.45) is 0. The molecule has 0 aliphatic rings. The number of nitrogens with zero attached hydrogens (tertiary/aromatic N) is 1. The molecule has 0 bridgehead atoms. The molecule has 0 unspecified atom stereocenters. The minimum atomic E-state index is -0.648. The molecule has 8 heteroatoms. The Hall–Kier alpha value is -3.42. The third kappa shape index (κ3) is 4.29. The SMILES string of the molecule is Cc1cc([N+](=O)[O-])ccc1NC(=O)COC(=O)c1ccc(N)cc1. The van der Waals surface area contributed by atoms with Crippen molar-refractivity contribution >= 4 is 28.9 Å². The highest BCUT2D eigenvalue weighted by molar-refractivity contribution is 5.96. The van der Waals surface area contributed by atoms with Crippen molar-refractivity contribution in [3.05, 3.63) is 63.7 Å². The van der Waals surface area contributed by atoms with Crippen molar-refractivity contribution in [1.82, 2.24) is 0 Å². The number of anilines is 2. The van der Waals surface area contributed by atoms with Crippen molar-refractivity contribution < 1.29 is 19.2 Å². The van der Waals surface area contributed by atoms with Crippen LogP contribution < -0.4 is 11.1 Å². The van der Waals surface area contributed by atoms with Crippen LogP contribution in [0.3, 0.4) is 0 Å². The van der Waals surface area contributed by atoms with Crippen molar-refractivity contribution in [3.8, 4) is 0 Å². The minimum Gasteiger partial charge on any atom is -0.452 e. The fourth-order valence-electron chi connectivity index (χ4n) is 1.92. The fourth-order valence-corrected chi connectivity index (χ4v) is 1.92. The van der Waals surface area contributed by atoms with Gasteiger partial charge >= 0.3 is 5.97 Å². The van der Waals surface area contributed by atoms with Gasteiger partial charge in [-0.05, 0) is 42.8 Å². The van der Waals surface area contributed by atoms with Gasteiger partial charge in [0, 0.05) is 23.5 Å². The molecule has 0 aliphatic heterocycles. The molecule has 3 N–H and O–H groups in total. The largest absolute Gasteiger partial charge is 0.452 e. The van der Waals surface area contributed by atoms with Crippen LogP contribution in [0.25, 0.3) is 0 Å². The summed E-state index contributed by atoms with van der Waals surface area (Å²) in [6.45, 7) is 1.16. The van der Waals surface area contributed by atoms with Gasteiger partial charge in [0.25, 0.3) is 11.6 Å². The topological polar surface area (TPSA) is 125 Å². The summed E-state index contributed by atoms with van der Waals surface area (Å²) in [5.74, 6) is -1.19. The third-order valence-electron chi connectivity index (χ3n) is 3.18. The van der Waals surface area contributed by atoms with Crippen molar-refractivity contribution in [1.29, 1.82) is 0 Å². The van der Waals surface area contributed by atoms with Crippen LogP contribution in [-0.2, 0) is 9.53 Å². The molecule has 124 valence electrons. The van der Waals surface area contributed by atoms with E-state index in [-0.39, 0.29) is 11.3 Å². The molecular formula is C16H15N3O5. The number of nitrogens with one attached hydrogen (secondary N) is 1. The molecule has 0 radical (unpaired) electrons. The maximum Gasteiger partial charge on any atom is 0.338 e. The molecule has 0 heterocycles. The lowest BCUT2D eigenvalue weighted by Gasteiger charge is -2.09. The number of hydrogen-bond donors (Lipinski definition) is 2. The number of carbonyl (C=O) groups is 2. The van der Waals surface area contributed by atoms with E-state index in [1.54, 1.807) is 19.1 Å². The number of nitrogens with two attached hydrogens (primary N) is 1.